The van der Waals surface area contributed by atoms with Crippen molar-refractivity contribution in [1.82, 2.24) is 0 Å². The van der Waals surface area contributed by atoms with Crippen LogP contribution in [0, 0.1) is 0 Å². The fourth-order valence-electron chi connectivity index (χ4n) is 2.62. The molecule has 0 unspecified atom stereocenters. The maximum absolute atomic E-state index is 11.9. The monoisotopic (exact) mass is 323 g/mol. The SMILES string of the molecule is CC(C)(C)c1cc(C(=O)CBr)ccc1N1CCCC1. The fraction of sp³-hybridized carbons (Fsp3) is 0.562. The molecule has 0 bridgehead atoms. The Bertz CT molecular complexity index is 470. The van der Waals surface area contributed by atoms with E-state index in [1.807, 2.05) is 6.07 Å². The number of halogens is 1. The van der Waals surface area contributed by atoms with E-state index in [2.05, 4.69) is 53.7 Å². The number of carbonyl (C=O) groups is 1. The molecule has 0 radical (unpaired) electrons. The van der Waals surface area contributed by atoms with Gasteiger partial charge in [0.05, 0.1) is 5.33 Å². The Morgan fingerprint density at radius 1 is 1.26 bits per heavy atom. The molecule has 0 atom stereocenters. The molecule has 1 aliphatic rings. The summed E-state index contributed by atoms with van der Waals surface area (Å²) >= 11 is 3.25. The first-order chi connectivity index (χ1) is 8.93. The molecule has 3 heteroatoms. The summed E-state index contributed by atoms with van der Waals surface area (Å²) in [5.41, 5.74) is 3.45. The maximum atomic E-state index is 11.9. The van der Waals surface area contributed by atoms with Crippen molar-refractivity contribution < 1.29 is 4.79 Å². The summed E-state index contributed by atoms with van der Waals surface area (Å²) in [5, 5.41) is 0.389. The molecule has 0 spiro atoms. The van der Waals surface area contributed by atoms with Gasteiger partial charge in [-0.15, -0.1) is 0 Å². The summed E-state index contributed by atoms with van der Waals surface area (Å²) < 4.78 is 0. The molecular formula is C16H22BrNO. The predicted octanol–water partition coefficient (Wildman–Crippen LogP) is 4.16. The summed E-state index contributed by atoms with van der Waals surface area (Å²) in [6.07, 6.45) is 2.54. The fourth-order valence-corrected chi connectivity index (χ4v) is 2.94. The third-order valence-corrected chi connectivity index (χ3v) is 4.20. The number of alkyl halides is 1. The average molecular weight is 324 g/mol. The van der Waals surface area contributed by atoms with Gasteiger partial charge in [0.1, 0.15) is 0 Å². The number of hydrogen-bond donors (Lipinski definition) is 0. The number of carbonyl (C=O) groups excluding carboxylic acids is 1. The number of nitrogens with zero attached hydrogens (tertiary/aromatic N) is 1. The second-order valence-electron chi connectivity index (χ2n) is 6.23. The largest absolute Gasteiger partial charge is 0.371 e. The Kier molecular flexibility index (Phi) is 4.34. The standard InChI is InChI=1S/C16H22BrNO/c1-16(2,3)13-10-12(15(19)11-17)6-7-14(13)18-8-4-5-9-18/h6-7,10H,4-5,8-9,11H2,1-3H3. The molecule has 0 aromatic heterocycles. The van der Waals surface area contributed by atoms with Crippen LogP contribution < -0.4 is 4.90 Å². The topological polar surface area (TPSA) is 20.3 Å². The van der Waals surface area contributed by atoms with Gasteiger partial charge in [-0.3, -0.25) is 4.79 Å². The minimum Gasteiger partial charge on any atom is -0.371 e. The molecule has 1 aromatic carbocycles. The van der Waals surface area contributed by atoms with E-state index in [9.17, 15) is 4.79 Å². The lowest BCUT2D eigenvalue weighted by atomic mass is 9.84. The van der Waals surface area contributed by atoms with Crippen molar-refractivity contribution in [3.05, 3.63) is 29.3 Å². The molecule has 2 rings (SSSR count). The van der Waals surface area contributed by atoms with Gasteiger partial charge in [-0.2, -0.15) is 0 Å². The highest BCUT2D eigenvalue weighted by atomic mass is 79.9. The van der Waals surface area contributed by atoms with E-state index in [1.165, 1.54) is 24.1 Å². The van der Waals surface area contributed by atoms with E-state index >= 15 is 0 Å². The number of benzene rings is 1. The first kappa shape index (κ1) is 14.6. The van der Waals surface area contributed by atoms with E-state index in [4.69, 9.17) is 0 Å². The van der Waals surface area contributed by atoms with Crippen LogP contribution in [0.2, 0.25) is 0 Å². The van der Waals surface area contributed by atoms with Gasteiger partial charge in [0.2, 0.25) is 0 Å². The number of anilines is 1. The van der Waals surface area contributed by atoms with Crippen molar-refractivity contribution in [1.29, 1.82) is 0 Å². The Labute approximate surface area is 124 Å². The summed E-state index contributed by atoms with van der Waals surface area (Å²) in [6, 6.07) is 6.17. The van der Waals surface area contributed by atoms with Crippen molar-refractivity contribution >= 4 is 27.4 Å². The van der Waals surface area contributed by atoms with Crippen LogP contribution in [0.1, 0.15) is 49.5 Å². The zero-order chi connectivity index (χ0) is 14.0. The van der Waals surface area contributed by atoms with E-state index in [-0.39, 0.29) is 11.2 Å². The van der Waals surface area contributed by atoms with Gasteiger partial charge >= 0.3 is 0 Å². The molecule has 0 saturated carbocycles. The van der Waals surface area contributed by atoms with Crippen molar-refractivity contribution in [2.24, 2.45) is 0 Å². The molecule has 1 fully saturated rings. The first-order valence-corrected chi connectivity index (χ1v) is 8.04. The van der Waals surface area contributed by atoms with Gasteiger partial charge < -0.3 is 4.90 Å². The second-order valence-corrected chi connectivity index (χ2v) is 6.79. The molecule has 1 aromatic rings. The van der Waals surface area contributed by atoms with E-state index < -0.39 is 0 Å². The van der Waals surface area contributed by atoms with Crippen molar-refractivity contribution in [3.63, 3.8) is 0 Å². The average Bonchev–Trinajstić information content (AvgIpc) is 2.90. The zero-order valence-electron chi connectivity index (χ0n) is 12.0. The number of Topliss-reactive ketones (excluding diaryl/α,β-unsaturated/α-hetero) is 1. The predicted molar refractivity (Wildman–Crippen MR) is 84.7 cm³/mol. The summed E-state index contributed by atoms with van der Waals surface area (Å²) in [4.78, 5) is 14.3. The highest BCUT2D eigenvalue weighted by Gasteiger charge is 2.24. The highest BCUT2D eigenvalue weighted by molar-refractivity contribution is 9.09. The lowest BCUT2D eigenvalue weighted by Crippen LogP contribution is -2.24. The van der Waals surface area contributed by atoms with Gasteiger partial charge in [-0.25, -0.2) is 0 Å². The molecule has 104 valence electrons. The van der Waals surface area contributed by atoms with Crippen LogP contribution in [0.15, 0.2) is 18.2 Å². The van der Waals surface area contributed by atoms with Crippen LogP contribution in [0.5, 0.6) is 0 Å². The molecule has 0 amide bonds. The van der Waals surface area contributed by atoms with Crippen LogP contribution in [0.4, 0.5) is 5.69 Å². The van der Waals surface area contributed by atoms with Gasteiger partial charge in [-0.1, -0.05) is 36.7 Å². The third kappa shape index (κ3) is 3.19. The second kappa shape index (κ2) is 5.66. The Balaban J connectivity index is 2.45. The number of rotatable bonds is 3. The molecule has 1 heterocycles. The van der Waals surface area contributed by atoms with Crippen LogP contribution in [0.3, 0.4) is 0 Å². The molecular weight excluding hydrogens is 302 g/mol. The van der Waals surface area contributed by atoms with E-state index in [0.717, 1.165) is 18.7 Å². The maximum Gasteiger partial charge on any atom is 0.173 e. The summed E-state index contributed by atoms with van der Waals surface area (Å²) in [5.74, 6) is 0.151. The van der Waals surface area contributed by atoms with Crippen molar-refractivity contribution in [3.8, 4) is 0 Å². The number of hydrogen-bond acceptors (Lipinski definition) is 2. The summed E-state index contributed by atoms with van der Waals surface area (Å²) in [7, 11) is 0. The normalized spacial score (nSPS) is 15.9. The minimum absolute atomic E-state index is 0.0561. The van der Waals surface area contributed by atoms with Crippen LogP contribution in [-0.4, -0.2) is 24.2 Å². The van der Waals surface area contributed by atoms with Gasteiger partial charge in [0.25, 0.3) is 0 Å². The smallest absolute Gasteiger partial charge is 0.173 e. The van der Waals surface area contributed by atoms with Crippen molar-refractivity contribution in [2.75, 3.05) is 23.3 Å². The van der Waals surface area contributed by atoms with E-state index in [0.29, 0.717) is 5.33 Å². The van der Waals surface area contributed by atoms with Crippen LogP contribution in [-0.2, 0) is 5.41 Å². The van der Waals surface area contributed by atoms with Gasteiger partial charge in [0.15, 0.2) is 5.78 Å². The van der Waals surface area contributed by atoms with Gasteiger partial charge in [0, 0.05) is 24.3 Å². The van der Waals surface area contributed by atoms with Crippen LogP contribution in [0.25, 0.3) is 0 Å². The van der Waals surface area contributed by atoms with Gasteiger partial charge in [-0.05, 0) is 42.0 Å². The quantitative estimate of drug-likeness (QED) is 0.615. The molecule has 1 aliphatic heterocycles. The Morgan fingerprint density at radius 3 is 2.42 bits per heavy atom. The Morgan fingerprint density at radius 2 is 1.89 bits per heavy atom. The third-order valence-electron chi connectivity index (χ3n) is 3.69. The van der Waals surface area contributed by atoms with E-state index in [1.54, 1.807) is 0 Å². The lowest BCUT2D eigenvalue weighted by molar-refractivity contribution is 0.102. The molecule has 19 heavy (non-hydrogen) atoms. The summed E-state index contributed by atoms with van der Waals surface area (Å²) in [6.45, 7) is 8.91. The highest BCUT2D eigenvalue weighted by Crippen LogP contribution is 2.34. The molecule has 0 aliphatic carbocycles. The zero-order valence-corrected chi connectivity index (χ0v) is 13.6. The number of ketones is 1. The molecule has 1 saturated heterocycles. The first-order valence-electron chi connectivity index (χ1n) is 6.92. The molecule has 0 N–H and O–H groups in total. The van der Waals surface area contributed by atoms with Crippen LogP contribution >= 0.6 is 15.9 Å². The minimum atomic E-state index is 0.0561. The lowest BCUT2D eigenvalue weighted by Gasteiger charge is -2.29. The Hall–Kier alpha value is -0.830. The molecule has 2 nitrogen and oxygen atoms in total. The van der Waals surface area contributed by atoms with Crippen molar-refractivity contribution in [2.45, 2.75) is 39.0 Å².